The standard InChI is InChI=1S/C16H20N4O.C13H22N2.C8H9N3O/c1-19-13-4-3-5-14(19)16-15(13)17-18-20(16)10-11-6-8-12(21-2)9-7-11;1-14-11-5-4-6-12(14)10-13(9-11)15-7-2-3-8-15;1-12-8-4-2-7(3-5-8)6-10-11-9/h6-9,13-14H,3-5,10H2,1-2H3;9,11-12H,2-8,10H2,1H3;2-5H,6H2,1H3. The van der Waals surface area contributed by atoms with Crippen LogP contribution in [0.4, 0.5) is 0 Å². The Morgan fingerprint density at radius 3 is 2.10 bits per heavy atom. The van der Waals surface area contributed by atoms with Crippen molar-refractivity contribution in [1.82, 2.24) is 29.7 Å². The molecule has 3 aromatic rings. The SMILES string of the molecule is CN1C2C=C(N3CCCC3)CC1CCC2.COc1ccc(CN=[N+]=[N-])cc1.COc1ccc(Cn2nnc3c2C2CCCC3N2C)cc1. The first-order chi connectivity index (χ1) is 23.5. The van der Waals surface area contributed by atoms with Crippen molar-refractivity contribution in [2.45, 2.75) is 95.0 Å². The molecule has 2 aromatic carbocycles. The molecule has 0 aliphatic carbocycles. The summed E-state index contributed by atoms with van der Waals surface area (Å²) in [5, 5.41) is 12.3. The third-order valence-electron chi connectivity index (χ3n) is 10.8. The zero-order valence-electron chi connectivity index (χ0n) is 29.0. The molecule has 11 heteroatoms. The van der Waals surface area contributed by atoms with Crippen molar-refractivity contribution in [1.29, 1.82) is 0 Å². The Morgan fingerprint density at radius 1 is 0.812 bits per heavy atom. The van der Waals surface area contributed by atoms with Crippen molar-refractivity contribution in [3.8, 4) is 11.5 Å². The minimum atomic E-state index is 0.389. The molecule has 6 heterocycles. The molecular formula is C37H51N9O2. The summed E-state index contributed by atoms with van der Waals surface area (Å²) >= 11 is 0. The lowest BCUT2D eigenvalue weighted by molar-refractivity contribution is 0.118. The predicted octanol–water partition coefficient (Wildman–Crippen LogP) is 7.27. The highest BCUT2D eigenvalue weighted by atomic mass is 16.5. The van der Waals surface area contributed by atoms with Crippen LogP contribution in [0.3, 0.4) is 0 Å². The number of benzene rings is 2. The van der Waals surface area contributed by atoms with Gasteiger partial charge in [-0.15, -0.1) is 5.10 Å². The molecule has 4 bridgehead atoms. The average Bonchev–Trinajstić information content (AvgIpc) is 3.82. The van der Waals surface area contributed by atoms with Gasteiger partial charge < -0.3 is 14.4 Å². The molecule has 0 amide bonds. The maximum Gasteiger partial charge on any atom is 0.118 e. The lowest BCUT2D eigenvalue weighted by Crippen LogP contribution is -2.47. The van der Waals surface area contributed by atoms with Gasteiger partial charge in [-0.05, 0) is 106 Å². The number of ether oxygens (including phenoxy) is 2. The highest BCUT2D eigenvalue weighted by Crippen LogP contribution is 2.48. The number of likely N-dealkylation sites (tertiary alicyclic amines) is 1. The monoisotopic (exact) mass is 653 g/mol. The summed E-state index contributed by atoms with van der Waals surface area (Å²) in [7, 11) is 7.83. The van der Waals surface area contributed by atoms with E-state index in [9.17, 15) is 0 Å². The molecule has 11 nitrogen and oxygen atoms in total. The molecule has 8 rings (SSSR count). The number of azide groups is 1. The number of likely N-dealkylation sites (N-methyl/N-ethyl adjacent to an activating group) is 1. The Kier molecular flexibility index (Phi) is 11.2. The van der Waals surface area contributed by atoms with E-state index in [-0.39, 0.29) is 0 Å². The predicted molar refractivity (Wildman–Crippen MR) is 188 cm³/mol. The molecule has 256 valence electrons. The van der Waals surface area contributed by atoms with Crippen LogP contribution >= 0.6 is 0 Å². The van der Waals surface area contributed by atoms with E-state index in [1.165, 1.54) is 87.8 Å². The first kappa shape index (κ1) is 33.8. The Hall–Kier alpha value is -4.05. The quantitative estimate of drug-likeness (QED) is 0.150. The number of hydrogen-bond donors (Lipinski definition) is 0. The van der Waals surface area contributed by atoms with Crippen molar-refractivity contribution in [2.75, 3.05) is 41.4 Å². The number of fused-ring (bicyclic) bond motifs is 7. The minimum Gasteiger partial charge on any atom is -0.497 e. The fourth-order valence-electron chi connectivity index (χ4n) is 8.03. The van der Waals surface area contributed by atoms with Crippen LogP contribution in [0.1, 0.15) is 92.4 Å². The van der Waals surface area contributed by atoms with Gasteiger partial charge in [0.1, 0.15) is 17.2 Å². The van der Waals surface area contributed by atoms with Gasteiger partial charge in [0.15, 0.2) is 0 Å². The van der Waals surface area contributed by atoms with Crippen molar-refractivity contribution in [3.05, 3.63) is 93.3 Å². The molecule has 5 aliphatic rings. The third kappa shape index (κ3) is 7.64. The molecular weight excluding hydrogens is 602 g/mol. The van der Waals surface area contributed by atoms with Gasteiger partial charge in [0.05, 0.1) is 45.1 Å². The van der Waals surface area contributed by atoms with Crippen LogP contribution in [-0.2, 0) is 13.1 Å². The molecule has 0 saturated carbocycles. The van der Waals surface area contributed by atoms with E-state index < -0.39 is 0 Å². The van der Waals surface area contributed by atoms with E-state index in [4.69, 9.17) is 15.0 Å². The number of rotatable bonds is 7. The summed E-state index contributed by atoms with van der Waals surface area (Å²) < 4.78 is 12.3. The van der Waals surface area contributed by atoms with Crippen LogP contribution in [0.15, 0.2) is 65.4 Å². The van der Waals surface area contributed by atoms with Crippen LogP contribution in [0.2, 0.25) is 0 Å². The molecule has 5 aliphatic heterocycles. The largest absolute Gasteiger partial charge is 0.497 e. The normalized spacial score (nSPS) is 24.2. The molecule has 1 aromatic heterocycles. The summed E-state index contributed by atoms with van der Waals surface area (Å²) in [4.78, 5) is 10.4. The average molecular weight is 654 g/mol. The molecule has 4 atom stereocenters. The van der Waals surface area contributed by atoms with E-state index >= 15 is 0 Å². The Balaban J connectivity index is 0.000000132. The molecule has 0 N–H and O–H groups in total. The van der Waals surface area contributed by atoms with Gasteiger partial charge >= 0.3 is 0 Å². The first-order valence-electron chi connectivity index (χ1n) is 17.6. The highest BCUT2D eigenvalue weighted by molar-refractivity contribution is 5.31. The van der Waals surface area contributed by atoms with Crippen molar-refractivity contribution >= 4 is 0 Å². The second-order valence-corrected chi connectivity index (χ2v) is 13.6. The number of piperidine rings is 2. The maximum atomic E-state index is 8.06. The van der Waals surface area contributed by atoms with Crippen LogP contribution in [0, 0.1) is 0 Å². The summed E-state index contributed by atoms with van der Waals surface area (Å²) in [6.45, 7) is 3.80. The Labute approximate surface area is 285 Å². The fraction of sp³-hybridized carbons (Fsp3) is 0.568. The van der Waals surface area contributed by atoms with Gasteiger partial charge in [-0.3, -0.25) is 9.80 Å². The van der Waals surface area contributed by atoms with Crippen LogP contribution in [0.5, 0.6) is 11.5 Å². The van der Waals surface area contributed by atoms with Crippen LogP contribution in [-0.4, -0.2) is 83.2 Å². The zero-order valence-corrected chi connectivity index (χ0v) is 29.0. The Bertz CT molecular complexity index is 1560. The van der Waals surface area contributed by atoms with Gasteiger partial charge in [0.25, 0.3) is 0 Å². The lowest BCUT2D eigenvalue weighted by atomic mass is 9.88. The molecule has 0 radical (unpaired) electrons. The van der Waals surface area contributed by atoms with Gasteiger partial charge in [0.2, 0.25) is 0 Å². The van der Waals surface area contributed by atoms with Crippen LogP contribution < -0.4 is 9.47 Å². The van der Waals surface area contributed by atoms with E-state index in [0.29, 0.717) is 18.6 Å². The number of methoxy groups -OCH3 is 2. The second kappa shape index (κ2) is 15.9. The third-order valence-corrected chi connectivity index (χ3v) is 10.8. The van der Waals surface area contributed by atoms with E-state index in [2.05, 4.69) is 72.0 Å². The van der Waals surface area contributed by atoms with Crippen LogP contribution in [0.25, 0.3) is 10.4 Å². The summed E-state index contributed by atoms with van der Waals surface area (Å²) in [5.74, 6) is 1.69. The van der Waals surface area contributed by atoms with E-state index in [1.54, 1.807) is 19.9 Å². The molecule has 3 fully saturated rings. The second-order valence-electron chi connectivity index (χ2n) is 13.6. The smallest absolute Gasteiger partial charge is 0.118 e. The lowest BCUT2D eigenvalue weighted by Gasteiger charge is -2.44. The van der Waals surface area contributed by atoms with Gasteiger partial charge in [-0.25, -0.2) is 4.68 Å². The minimum absolute atomic E-state index is 0.389. The number of aromatic nitrogens is 3. The van der Waals surface area contributed by atoms with E-state index in [1.807, 2.05) is 36.4 Å². The summed E-state index contributed by atoms with van der Waals surface area (Å²) in [6, 6.07) is 18.1. The van der Waals surface area contributed by atoms with Gasteiger partial charge in [0, 0.05) is 42.2 Å². The fourth-order valence-corrected chi connectivity index (χ4v) is 8.03. The molecule has 0 spiro atoms. The van der Waals surface area contributed by atoms with Gasteiger partial charge in [-0.1, -0.05) is 41.0 Å². The highest BCUT2D eigenvalue weighted by Gasteiger charge is 2.43. The molecule has 3 saturated heterocycles. The number of hydrogen-bond acceptors (Lipinski definition) is 8. The zero-order chi connectivity index (χ0) is 33.5. The Morgan fingerprint density at radius 2 is 1.46 bits per heavy atom. The molecule has 48 heavy (non-hydrogen) atoms. The van der Waals surface area contributed by atoms with Gasteiger partial charge in [-0.2, -0.15) is 0 Å². The molecule has 4 unspecified atom stereocenters. The van der Waals surface area contributed by atoms with Crippen molar-refractivity contribution in [3.63, 3.8) is 0 Å². The maximum absolute atomic E-state index is 8.06. The van der Waals surface area contributed by atoms with Crippen molar-refractivity contribution in [2.24, 2.45) is 5.11 Å². The number of nitrogens with zero attached hydrogens (tertiary/aromatic N) is 9. The topological polar surface area (TPSA) is 108 Å². The van der Waals surface area contributed by atoms with Crippen molar-refractivity contribution < 1.29 is 9.47 Å². The summed E-state index contributed by atoms with van der Waals surface area (Å²) in [6.07, 6.45) is 14.6. The summed E-state index contributed by atoms with van der Waals surface area (Å²) in [5.41, 5.74) is 14.5. The first-order valence-corrected chi connectivity index (χ1v) is 17.6. The van der Waals surface area contributed by atoms with E-state index in [0.717, 1.165) is 35.7 Å².